The molecule has 0 radical (unpaired) electrons. The van der Waals surface area contributed by atoms with Crippen molar-refractivity contribution in [1.29, 1.82) is 0 Å². The standard InChI is InChI=1S/C44H52N8O7/c1-21(2)36(49-43(55)56)41(53)51-18-23(5)12-33(51)39-45-17-32(47-39)26-8-10-28-27(14-26)20-59-35-16-29-25(15-30(28)35)9-11-31-38(29)48-40(46-31)34-13-24(6)19-52(34)42(54)37(22(3)4)50-44(57)58-7/h8-11,14-17,21-24,33-34,36-37,49H,12-13,18-20H2,1-7H3,(H,45,47)(H,46,48)(H,50,57)(H,55,56)/t23-,24?,33?,34?,36-,37?/m0/s1. The molecule has 2 fully saturated rings. The van der Waals surface area contributed by atoms with E-state index in [0.717, 1.165) is 68.3 Å². The Labute approximate surface area is 342 Å². The van der Waals surface area contributed by atoms with Crippen LogP contribution in [0.15, 0.2) is 48.7 Å². The van der Waals surface area contributed by atoms with Crippen LogP contribution in [0.25, 0.3) is 44.2 Å². The van der Waals surface area contributed by atoms with Crippen LogP contribution < -0.4 is 15.4 Å². The minimum Gasteiger partial charge on any atom is -0.488 e. The fourth-order valence-corrected chi connectivity index (χ4v) is 9.08. The molecule has 3 aliphatic rings. The number of hydrogen-bond donors (Lipinski definition) is 5. The van der Waals surface area contributed by atoms with Gasteiger partial charge in [0.25, 0.3) is 0 Å². The summed E-state index contributed by atoms with van der Waals surface area (Å²) in [6, 6.07) is 12.4. The van der Waals surface area contributed by atoms with Crippen LogP contribution in [0.4, 0.5) is 9.59 Å². The topological polar surface area (TPSA) is 195 Å². The summed E-state index contributed by atoms with van der Waals surface area (Å²) in [5.74, 6) is 1.88. The molecule has 15 nitrogen and oxygen atoms in total. The lowest BCUT2D eigenvalue weighted by atomic mass is 9.92. The van der Waals surface area contributed by atoms with E-state index in [0.29, 0.717) is 31.3 Å². The van der Waals surface area contributed by atoms with E-state index in [4.69, 9.17) is 19.4 Å². The number of amides is 4. The van der Waals surface area contributed by atoms with E-state index < -0.39 is 24.3 Å². The minimum atomic E-state index is -1.22. The van der Waals surface area contributed by atoms with Crippen LogP contribution in [0.2, 0.25) is 0 Å². The number of nitrogens with one attached hydrogen (secondary N) is 4. The molecule has 5 heterocycles. The van der Waals surface area contributed by atoms with E-state index in [-0.39, 0.29) is 47.6 Å². The fraction of sp³-hybridized carbons (Fsp3) is 0.455. The Kier molecular flexibility index (Phi) is 10.5. The van der Waals surface area contributed by atoms with Gasteiger partial charge in [-0.05, 0) is 82.9 Å². The number of carbonyl (C=O) groups excluding carboxylic acids is 3. The smallest absolute Gasteiger partial charge is 0.407 e. The molecule has 59 heavy (non-hydrogen) atoms. The molecule has 3 aromatic carbocycles. The predicted octanol–water partition coefficient (Wildman–Crippen LogP) is 7.16. The van der Waals surface area contributed by atoms with Gasteiger partial charge < -0.3 is 45.0 Å². The van der Waals surface area contributed by atoms with Crippen molar-refractivity contribution >= 4 is 45.8 Å². The first-order valence-electron chi connectivity index (χ1n) is 20.4. The molecule has 8 rings (SSSR count). The van der Waals surface area contributed by atoms with Gasteiger partial charge in [-0.3, -0.25) is 9.59 Å². The van der Waals surface area contributed by atoms with Crippen molar-refractivity contribution in [2.45, 2.75) is 85.2 Å². The number of aromatic nitrogens is 4. The van der Waals surface area contributed by atoms with Crippen molar-refractivity contribution in [3.63, 3.8) is 0 Å². The third-order valence-electron chi connectivity index (χ3n) is 12.1. The van der Waals surface area contributed by atoms with Crippen LogP contribution in [0.3, 0.4) is 0 Å². The van der Waals surface area contributed by atoms with Gasteiger partial charge in [0.05, 0.1) is 42.1 Å². The van der Waals surface area contributed by atoms with Crippen molar-refractivity contribution in [3.8, 4) is 28.1 Å². The number of nitrogens with zero attached hydrogens (tertiary/aromatic N) is 4. The number of alkyl carbamates (subject to hydrolysis) is 1. The van der Waals surface area contributed by atoms with Crippen LogP contribution in [0.5, 0.6) is 5.75 Å². The number of H-pyrrole nitrogens is 2. The van der Waals surface area contributed by atoms with Crippen LogP contribution in [0, 0.1) is 23.7 Å². The van der Waals surface area contributed by atoms with Crippen molar-refractivity contribution < 1.29 is 33.8 Å². The average Bonchev–Trinajstić information content (AvgIpc) is 4.02. The second-order valence-corrected chi connectivity index (χ2v) is 17.2. The number of ether oxygens (including phenoxy) is 2. The van der Waals surface area contributed by atoms with Crippen LogP contribution in [-0.2, 0) is 20.9 Å². The van der Waals surface area contributed by atoms with E-state index in [2.05, 4.69) is 70.8 Å². The average molecular weight is 805 g/mol. The molecule has 5 aromatic rings. The highest BCUT2D eigenvalue weighted by atomic mass is 16.5. The minimum absolute atomic E-state index is 0.135. The van der Waals surface area contributed by atoms with Gasteiger partial charge in [-0.2, -0.15) is 0 Å². The number of methoxy groups -OCH3 is 1. The molecule has 0 aliphatic carbocycles. The summed E-state index contributed by atoms with van der Waals surface area (Å²) in [7, 11) is 1.29. The number of likely N-dealkylation sites (tertiary alicyclic amines) is 2. The molecule has 3 aliphatic heterocycles. The Bertz CT molecular complexity index is 2460. The number of fused-ring (bicyclic) bond motifs is 6. The molecule has 0 bridgehead atoms. The summed E-state index contributed by atoms with van der Waals surface area (Å²) >= 11 is 0. The second kappa shape index (κ2) is 15.6. The Morgan fingerprint density at radius 3 is 2.15 bits per heavy atom. The lowest BCUT2D eigenvalue weighted by Crippen LogP contribution is -2.51. The highest BCUT2D eigenvalue weighted by Crippen LogP contribution is 2.44. The van der Waals surface area contributed by atoms with Gasteiger partial charge in [-0.1, -0.05) is 59.7 Å². The molecular weight excluding hydrogens is 753 g/mol. The molecule has 5 N–H and O–H groups in total. The van der Waals surface area contributed by atoms with E-state index in [1.807, 2.05) is 38.7 Å². The zero-order chi connectivity index (χ0) is 41.9. The number of benzene rings is 3. The summed E-state index contributed by atoms with van der Waals surface area (Å²) in [5.41, 5.74) is 6.50. The fourth-order valence-electron chi connectivity index (χ4n) is 9.08. The lowest BCUT2D eigenvalue weighted by molar-refractivity contribution is -0.136. The Balaban J connectivity index is 1.05. The summed E-state index contributed by atoms with van der Waals surface area (Å²) in [5, 5.41) is 16.5. The Morgan fingerprint density at radius 1 is 0.847 bits per heavy atom. The van der Waals surface area contributed by atoms with Crippen LogP contribution in [-0.4, -0.2) is 91.1 Å². The molecule has 6 atom stereocenters. The van der Waals surface area contributed by atoms with E-state index in [1.165, 1.54) is 7.11 Å². The first-order valence-corrected chi connectivity index (χ1v) is 20.4. The Morgan fingerprint density at radius 2 is 1.51 bits per heavy atom. The predicted molar refractivity (Wildman–Crippen MR) is 221 cm³/mol. The molecule has 2 aromatic heterocycles. The number of carbonyl (C=O) groups is 4. The van der Waals surface area contributed by atoms with Crippen molar-refractivity contribution in [2.75, 3.05) is 20.2 Å². The first-order chi connectivity index (χ1) is 28.2. The third-order valence-corrected chi connectivity index (χ3v) is 12.1. The second-order valence-electron chi connectivity index (χ2n) is 17.2. The molecule has 0 spiro atoms. The van der Waals surface area contributed by atoms with Gasteiger partial charge in [-0.15, -0.1) is 0 Å². The van der Waals surface area contributed by atoms with Crippen LogP contribution in [0.1, 0.15) is 83.7 Å². The number of rotatable bonds is 9. The Hall–Kier alpha value is -6.12. The van der Waals surface area contributed by atoms with E-state index in [9.17, 15) is 24.3 Å². The maximum Gasteiger partial charge on any atom is 0.407 e. The van der Waals surface area contributed by atoms with Crippen molar-refractivity contribution in [2.24, 2.45) is 23.7 Å². The maximum atomic E-state index is 13.9. The quantitative estimate of drug-likeness (QED) is 0.103. The largest absolute Gasteiger partial charge is 0.488 e. The number of hydrogen-bond acceptors (Lipinski definition) is 8. The molecule has 2 saturated heterocycles. The third kappa shape index (κ3) is 7.42. The molecule has 310 valence electrons. The van der Waals surface area contributed by atoms with Gasteiger partial charge in [0.1, 0.15) is 36.1 Å². The van der Waals surface area contributed by atoms with Gasteiger partial charge in [0.2, 0.25) is 11.8 Å². The summed E-state index contributed by atoms with van der Waals surface area (Å²) in [6.07, 6.45) is 1.40. The molecule has 4 unspecified atom stereocenters. The summed E-state index contributed by atoms with van der Waals surface area (Å²) in [4.78, 5) is 71.5. The molecule has 4 amide bonds. The van der Waals surface area contributed by atoms with Crippen molar-refractivity contribution in [1.82, 2.24) is 40.4 Å². The highest BCUT2D eigenvalue weighted by Gasteiger charge is 2.42. The zero-order valence-corrected chi connectivity index (χ0v) is 34.5. The first kappa shape index (κ1) is 39.7. The number of imidazole rings is 2. The zero-order valence-electron chi connectivity index (χ0n) is 34.5. The molecule has 0 saturated carbocycles. The maximum absolute atomic E-state index is 13.9. The van der Waals surface area contributed by atoms with E-state index in [1.54, 1.807) is 11.1 Å². The van der Waals surface area contributed by atoms with Gasteiger partial charge in [0.15, 0.2) is 0 Å². The SMILES string of the molecule is COC(=O)NC(C(=O)N1CC(C)CC1c1nc2c(ccc3cc4c(cc32)OCc2cc(-c3cnc(C5C[C@H](C)CN5C(=O)[C@@H](NC(=O)O)C(C)C)[nH]3)ccc2-4)[nH]1)C(C)C. The van der Waals surface area contributed by atoms with Crippen molar-refractivity contribution in [3.05, 3.63) is 65.9 Å². The summed E-state index contributed by atoms with van der Waals surface area (Å²) < 4.78 is 11.2. The van der Waals surface area contributed by atoms with Gasteiger partial charge >= 0.3 is 12.2 Å². The van der Waals surface area contributed by atoms with Gasteiger partial charge in [-0.25, -0.2) is 19.6 Å². The lowest BCUT2D eigenvalue weighted by Gasteiger charge is -2.30. The number of aromatic amines is 2. The van der Waals surface area contributed by atoms with Gasteiger partial charge in [0, 0.05) is 24.0 Å². The molecule has 15 heteroatoms. The summed E-state index contributed by atoms with van der Waals surface area (Å²) in [6.45, 7) is 13.1. The van der Waals surface area contributed by atoms with Crippen LogP contribution >= 0.6 is 0 Å². The molecular formula is C44H52N8O7. The van der Waals surface area contributed by atoms with E-state index >= 15 is 0 Å². The number of carboxylic acid groups (broad SMARTS) is 1. The normalized spacial score (nSPS) is 21.0. The highest BCUT2D eigenvalue weighted by molar-refractivity contribution is 6.07. The monoisotopic (exact) mass is 804 g/mol.